The fourth-order valence-electron chi connectivity index (χ4n) is 1.91. The summed E-state index contributed by atoms with van der Waals surface area (Å²) in [6.07, 6.45) is -0.0220. The molecule has 8 heteroatoms. The molecule has 0 saturated heterocycles. The normalized spacial score (nSPS) is 9.92. The Labute approximate surface area is 139 Å². The summed E-state index contributed by atoms with van der Waals surface area (Å²) in [4.78, 5) is 45.1. The number of aryl methyl sites for hydroxylation is 1. The van der Waals surface area contributed by atoms with Crippen molar-refractivity contribution < 1.29 is 24.3 Å². The van der Waals surface area contributed by atoms with Crippen molar-refractivity contribution >= 4 is 29.4 Å². The maximum atomic E-state index is 11.8. The summed E-state index contributed by atoms with van der Waals surface area (Å²) in [5, 5.41) is 16.7. The smallest absolute Gasteiger partial charge is 0.336 e. The van der Waals surface area contributed by atoms with E-state index in [1.807, 2.05) is 0 Å². The van der Waals surface area contributed by atoms with Gasteiger partial charge in [0, 0.05) is 38.5 Å². The van der Waals surface area contributed by atoms with Crippen LogP contribution in [0.3, 0.4) is 0 Å². The Balaban J connectivity index is 2.38. The number of amides is 3. The van der Waals surface area contributed by atoms with E-state index in [0.29, 0.717) is 24.3 Å². The van der Waals surface area contributed by atoms with E-state index in [4.69, 9.17) is 5.11 Å². The second kappa shape index (κ2) is 9.29. The highest BCUT2D eigenvalue weighted by Gasteiger charge is 2.11. The van der Waals surface area contributed by atoms with Crippen molar-refractivity contribution in [3.63, 3.8) is 0 Å². The van der Waals surface area contributed by atoms with E-state index in [0.717, 1.165) is 0 Å². The third kappa shape index (κ3) is 6.91. The Kier molecular flexibility index (Phi) is 7.41. The van der Waals surface area contributed by atoms with Gasteiger partial charge in [-0.2, -0.15) is 0 Å². The Morgan fingerprint density at radius 3 is 2.25 bits per heavy atom. The summed E-state index contributed by atoms with van der Waals surface area (Å²) in [6, 6.07) is 4.59. The topological polar surface area (TPSA) is 125 Å². The van der Waals surface area contributed by atoms with Crippen molar-refractivity contribution in [3.05, 3.63) is 29.3 Å². The van der Waals surface area contributed by atoms with Gasteiger partial charge in [0.2, 0.25) is 17.7 Å². The molecule has 1 aromatic carbocycles. The molecule has 1 aromatic rings. The zero-order valence-corrected chi connectivity index (χ0v) is 13.6. The molecule has 1 rings (SSSR count). The van der Waals surface area contributed by atoms with Crippen LogP contribution in [0.2, 0.25) is 0 Å². The number of hydrogen-bond donors (Lipinski definition) is 4. The summed E-state index contributed by atoms with van der Waals surface area (Å²) >= 11 is 0. The quantitative estimate of drug-likeness (QED) is 0.520. The molecule has 0 aliphatic rings. The van der Waals surface area contributed by atoms with Crippen LogP contribution < -0.4 is 16.0 Å². The molecule has 24 heavy (non-hydrogen) atoms. The lowest BCUT2D eigenvalue weighted by Gasteiger charge is -2.08. The summed E-state index contributed by atoms with van der Waals surface area (Å²) in [7, 11) is 0. The first-order valence-corrected chi connectivity index (χ1v) is 7.44. The Morgan fingerprint density at radius 1 is 1.00 bits per heavy atom. The van der Waals surface area contributed by atoms with Crippen LogP contribution in [0, 0.1) is 6.92 Å². The lowest BCUT2D eigenvalue weighted by molar-refractivity contribution is -0.124. The molecule has 0 aromatic heterocycles. The SMILES string of the molecule is CC(=O)NCCNC(=O)CCC(=O)Nc1ccc(C)c(C(=O)O)c1. The van der Waals surface area contributed by atoms with Crippen LogP contribution >= 0.6 is 0 Å². The van der Waals surface area contributed by atoms with E-state index in [1.54, 1.807) is 19.1 Å². The van der Waals surface area contributed by atoms with Crippen LogP contribution in [0.5, 0.6) is 0 Å². The number of carbonyl (C=O) groups excluding carboxylic acids is 3. The molecular weight excluding hydrogens is 314 g/mol. The average Bonchev–Trinajstić information content (AvgIpc) is 2.51. The first-order chi connectivity index (χ1) is 11.3. The van der Waals surface area contributed by atoms with Gasteiger partial charge in [0.15, 0.2) is 0 Å². The monoisotopic (exact) mass is 335 g/mol. The summed E-state index contributed by atoms with van der Waals surface area (Å²) in [6.45, 7) is 3.67. The highest BCUT2D eigenvalue weighted by molar-refractivity contribution is 5.96. The first kappa shape index (κ1) is 19.1. The molecule has 4 N–H and O–H groups in total. The molecule has 8 nitrogen and oxygen atoms in total. The van der Waals surface area contributed by atoms with Gasteiger partial charge in [-0.15, -0.1) is 0 Å². The average molecular weight is 335 g/mol. The number of rotatable bonds is 8. The maximum absolute atomic E-state index is 11.8. The van der Waals surface area contributed by atoms with Crippen molar-refractivity contribution in [3.8, 4) is 0 Å². The van der Waals surface area contributed by atoms with E-state index in [9.17, 15) is 19.2 Å². The minimum Gasteiger partial charge on any atom is -0.478 e. The summed E-state index contributed by atoms with van der Waals surface area (Å²) < 4.78 is 0. The third-order valence-corrected chi connectivity index (χ3v) is 3.15. The molecule has 0 fully saturated rings. The predicted molar refractivity (Wildman–Crippen MR) is 87.7 cm³/mol. The molecule has 0 atom stereocenters. The minimum absolute atomic E-state index is 0.00353. The highest BCUT2D eigenvalue weighted by Crippen LogP contribution is 2.15. The fraction of sp³-hybridized carbons (Fsp3) is 0.375. The van der Waals surface area contributed by atoms with Gasteiger partial charge in [0.1, 0.15) is 0 Å². The van der Waals surface area contributed by atoms with Crippen molar-refractivity contribution in [2.24, 2.45) is 0 Å². The second-order valence-corrected chi connectivity index (χ2v) is 5.22. The number of anilines is 1. The molecule has 0 radical (unpaired) electrons. The molecule has 130 valence electrons. The number of aromatic carboxylic acids is 1. The third-order valence-electron chi connectivity index (χ3n) is 3.15. The van der Waals surface area contributed by atoms with E-state index < -0.39 is 5.97 Å². The molecule has 0 heterocycles. The molecule has 0 unspecified atom stereocenters. The number of nitrogens with one attached hydrogen (secondary N) is 3. The van der Waals surface area contributed by atoms with Crippen molar-refractivity contribution in [1.82, 2.24) is 10.6 Å². The number of hydrogen-bond acceptors (Lipinski definition) is 4. The van der Waals surface area contributed by atoms with Gasteiger partial charge in [-0.1, -0.05) is 6.07 Å². The summed E-state index contributed by atoms with van der Waals surface area (Å²) in [5.41, 5.74) is 1.08. The number of carboxylic acid groups (broad SMARTS) is 1. The maximum Gasteiger partial charge on any atom is 0.336 e. The van der Waals surface area contributed by atoms with Crippen LogP contribution in [0.4, 0.5) is 5.69 Å². The van der Waals surface area contributed by atoms with Crippen molar-refractivity contribution in [2.75, 3.05) is 18.4 Å². The van der Waals surface area contributed by atoms with Crippen LogP contribution in [0.15, 0.2) is 18.2 Å². The minimum atomic E-state index is -1.07. The van der Waals surface area contributed by atoms with Crippen molar-refractivity contribution in [1.29, 1.82) is 0 Å². The molecule has 0 aliphatic carbocycles. The fourth-order valence-corrected chi connectivity index (χ4v) is 1.91. The van der Waals surface area contributed by atoms with Gasteiger partial charge < -0.3 is 21.1 Å². The van der Waals surface area contributed by atoms with Crippen LogP contribution in [0.25, 0.3) is 0 Å². The Hall–Kier alpha value is -2.90. The predicted octanol–water partition coefficient (Wildman–Crippen LogP) is 0.664. The molecule has 0 bridgehead atoms. The largest absolute Gasteiger partial charge is 0.478 e. The first-order valence-electron chi connectivity index (χ1n) is 7.44. The molecule has 0 spiro atoms. The van der Waals surface area contributed by atoms with E-state index in [2.05, 4.69) is 16.0 Å². The van der Waals surface area contributed by atoms with E-state index in [-0.39, 0.29) is 36.1 Å². The van der Waals surface area contributed by atoms with Crippen molar-refractivity contribution in [2.45, 2.75) is 26.7 Å². The zero-order chi connectivity index (χ0) is 18.1. The standard InChI is InChI=1S/C16H21N3O5/c1-10-3-4-12(9-13(10)16(23)24)19-15(22)6-5-14(21)18-8-7-17-11(2)20/h3-4,9H,5-8H2,1-2H3,(H,17,20)(H,18,21)(H,19,22)(H,23,24). The van der Waals surface area contributed by atoms with Gasteiger partial charge in [-0.25, -0.2) is 4.79 Å². The van der Waals surface area contributed by atoms with E-state index in [1.165, 1.54) is 13.0 Å². The summed E-state index contributed by atoms with van der Waals surface area (Å²) in [5.74, 6) is -1.93. The molecule has 0 aliphatic heterocycles. The molecule has 3 amide bonds. The highest BCUT2D eigenvalue weighted by atomic mass is 16.4. The van der Waals surface area contributed by atoms with Gasteiger partial charge >= 0.3 is 5.97 Å². The van der Waals surface area contributed by atoms with E-state index >= 15 is 0 Å². The lowest BCUT2D eigenvalue weighted by atomic mass is 10.1. The number of carbonyl (C=O) groups is 4. The van der Waals surface area contributed by atoms with Gasteiger partial charge in [-0.05, 0) is 24.6 Å². The van der Waals surface area contributed by atoms with Gasteiger partial charge in [0.05, 0.1) is 5.56 Å². The van der Waals surface area contributed by atoms with Crippen LogP contribution in [0.1, 0.15) is 35.7 Å². The molecule has 0 saturated carbocycles. The van der Waals surface area contributed by atoms with Gasteiger partial charge in [0.25, 0.3) is 0 Å². The lowest BCUT2D eigenvalue weighted by Crippen LogP contribution is -2.33. The second-order valence-electron chi connectivity index (χ2n) is 5.22. The zero-order valence-electron chi connectivity index (χ0n) is 13.6. The Bertz CT molecular complexity index is 643. The molecular formula is C16H21N3O5. The number of benzene rings is 1. The van der Waals surface area contributed by atoms with Gasteiger partial charge in [-0.3, -0.25) is 14.4 Å². The van der Waals surface area contributed by atoms with Crippen LogP contribution in [-0.4, -0.2) is 41.9 Å². The van der Waals surface area contributed by atoms with Crippen LogP contribution in [-0.2, 0) is 14.4 Å². The Morgan fingerprint density at radius 2 is 1.62 bits per heavy atom. The number of carboxylic acids is 1.